The molecule has 1 fully saturated rings. The Kier molecular flexibility index (Phi) is 4.91. The van der Waals surface area contributed by atoms with E-state index in [9.17, 15) is 4.79 Å². The summed E-state index contributed by atoms with van der Waals surface area (Å²) in [5, 5.41) is 6.75. The molecule has 3 rings (SSSR count). The van der Waals surface area contributed by atoms with Crippen molar-refractivity contribution in [1.29, 1.82) is 0 Å². The zero-order valence-corrected chi connectivity index (χ0v) is 13.7. The number of nitrogens with zero attached hydrogens (tertiary/aromatic N) is 2. The van der Waals surface area contributed by atoms with Crippen molar-refractivity contribution in [2.24, 2.45) is 5.73 Å². The Morgan fingerprint density at radius 3 is 2.78 bits per heavy atom. The third kappa shape index (κ3) is 3.46. The molecule has 0 radical (unpaired) electrons. The van der Waals surface area contributed by atoms with Crippen LogP contribution in [0.4, 0.5) is 0 Å². The second-order valence-corrected chi connectivity index (χ2v) is 5.51. The van der Waals surface area contributed by atoms with Crippen molar-refractivity contribution < 1.29 is 14.1 Å². The van der Waals surface area contributed by atoms with Gasteiger partial charge in [-0.25, -0.2) is 0 Å². The van der Waals surface area contributed by atoms with Crippen LogP contribution in [-0.2, 0) is 4.79 Å². The van der Waals surface area contributed by atoms with E-state index >= 15 is 0 Å². The second kappa shape index (κ2) is 6.55. The van der Waals surface area contributed by atoms with E-state index < -0.39 is 11.6 Å². The molecule has 1 amide bonds. The summed E-state index contributed by atoms with van der Waals surface area (Å²) in [7, 11) is 1.58. The second-order valence-electron chi connectivity index (χ2n) is 5.51. The minimum atomic E-state index is -0.722. The maximum atomic E-state index is 11.9. The SMILES string of the molecule is COc1ccccc1-c1noc(C(C)NC(=O)C2(N)CC2)n1.Cl. The average Bonchev–Trinajstić information content (AvgIpc) is 3.10. The molecule has 0 aliphatic heterocycles. The zero-order chi connectivity index (χ0) is 15.7. The minimum Gasteiger partial charge on any atom is -0.496 e. The number of nitrogens with two attached hydrogens (primary N) is 1. The number of hydrogen-bond donors (Lipinski definition) is 2. The van der Waals surface area contributed by atoms with Gasteiger partial charge in [0.15, 0.2) is 0 Å². The van der Waals surface area contributed by atoms with Gasteiger partial charge in [0.1, 0.15) is 11.8 Å². The maximum Gasteiger partial charge on any atom is 0.249 e. The summed E-state index contributed by atoms with van der Waals surface area (Å²) in [6.45, 7) is 1.78. The number of amides is 1. The van der Waals surface area contributed by atoms with Gasteiger partial charge in [0.25, 0.3) is 0 Å². The highest BCUT2D eigenvalue weighted by Gasteiger charge is 2.46. The van der Waals surface area contributed by atoms with Crippen molar-refractivity contribution in [2.45, 2.75) is 31.3 Å². The van der Waals surface area contributed by atoms with Crippen molar-refractivity contribution in [3.63, 3.8) is 0 Å². The van der Waals surface area contributed by atoms with Crippen LogP contribution < -0.4 is 15.8 Å². The number of carbonyl (C=O) groups excluding carboxylic acids is 1. The minimum absolute atomic E-state index is 0. The first-order valence-electron chi connectivity index (χ1n) is 7.10. The van der Waals surface area contributed by atoms with Gasteiger partial charge < -0.3 is 20.3 Å². The van der Waals surface area contributed by atoms with E-state index in [-0.39, 0.29) is 18.3 Å². The number of ether oxygens (including phenoxy) is 1. The van der Waals surface area contributed by atoms with Crippen LogP contribution >= 0.6 is 12.4 Å². The van der Waals surface area contributed by atoms with E-state index in [0.717, 1.165) is 5.56 Å². The Labute approximate surface area is 140 Å². The van der Waals surface area contributed by atoms with Crippen molar-refractivity contribution in [2.75, 3.05) is 7.11 Å². The zero-order valence-electron chi connectivity index (χ0n) is 12.9. The standard InChI is InChI=1S/C15H18N4O3.ClH/c1-9(17-14(20)15(16)7-8-15)13-18-12(19-22-13)10-5-3-4-6-11(10)21-2;/h3-6,9H,7-8,16H2,1-2H3,(H,17,20);1H. The molecule has 0 saturated heterocycles. The molecule has 1 saturated carbocycles. The highest BCUT2D eigenvalue weighted by Crippen LogP contribution is 2.33. The average molecular weight is 339 g/mol. The molecule has 0 spiro atoms. The quantitative estimate of drug-likeness (QED) is 0.862. The predicted molar refractivity (Wildman–Crippen MR) is 86.2 cm³/mol. The molecular formula is C15H19ClN4O3. The Morgan fingerprint density at radius 2 is 2.13 bits per heavy atom. The van der Waals surface area contributed by atoms with Gasteiger partial charge in [-0.2, -0.15) is 4.98 Å². The number of carbonyl (C=O) groups is 1. The summed E-state index contributed by atoms with van der Waals surface area (Å²) in [4.78, 5) is 16.3. The van der Waals surface area contributed by atoms with Crippen LogP contribution in [0.5, 0.6) is 5.75 Å². The van der Waals surface area contributed by atoms with E-state index in [2.05, 4.69) is 15.5 Å². The summed E-state index contributed by atoms with van der Waals surface area (Å²) in [5.41, 5.74) is 5.87. The van der Waals surface area contributed by atoms with E-state index in [4.69, 9.17) is 15.0 Å². The summed E-state index contributed by atoms with van der Waals surface area (Å²) >= 11 is 0. The van der Waals surface area contributed by atoms with Crippen LogP contribution in [0, 0.1) is 0 Å². The van der Waals surface area contributed by atoms with E-state index in [1.54, 1.807) is 14.0 Å². The molecule has 1 aromatic carbocycles. The highest BCUT2D eigenvalue weighted by atomic mass is 35.5. The normalized spacial score (nSPS) is 16.1. The first kappa shape index (κ1) is 17.2. The van der Waals surface area contributed by atoms with Crippen LogP contribution in [0.2, 0.25) is 0 Å². The Bertz CT molecular complexity index is 700. The summed E-state index contributed by atoms with van der Waals surface area (Å²) in [5.74, 6) is 1.23. The van der Waals surface area contributed by atoms with Gasteiger partial charge >= 0.3 is 0 Å². The molecule has 7 nitrogen and oxygen atoms in total. The van der Waals surface area contributed by atoms with Gasteiger partial charge in [-0.1, -0.05) is 17.3 Å². The molecule has 2 aromatic rings. The van der Waals surface area contributed by atoms with Crippen molar-refractivity contribution >= 4 is 18.3 Å². The monoisotopic (exact) mass is 338 g/mol. The molecular weight excluding hydrogens is 320 g/mol. The lowest BCUT2D eigenvalue weighted by molar-refractivity contribution is -0.124. The fraction of sp³-hybridized carbons (Fsp3) is 0.400. The number of aromatic nitrogens is 2. The van der Waals surface area contributed by atoms with Gasteiger partial charge in [0, 0.05) is 0 Å². The van der Waals surface area contributed by atoms with Crippen molar-refractivity contribution in [3.8, 4) is 17.1 Å². The highest BCUT2D eigenvalue weighted by molar-refractivity contribution is 5.89. The molecule has 1 heterocycles. The number of benzene rings is 1. The number of rotatable bonds is 5. The largest absolute Gasteiger partial charge is 0.496 e. The fourth-order valence-electron chi connectivity index (χ4n) is 2.11. The number of nitrogens with one attached hydrogen (secondary N) is 1. The Balaban J connectivity index is 0.00000192. The molecule has 0 bridgehead atoms. The van der Waals surface area contributed by atoms with E-state index in [0.29, 0.717) is 30.3 Å². The molecule has 1 aliphatic rings. The number of halogens is 1. The first-order chi connectivity index (χ1) is 10.5. The fourth-order valence-corrected chi connectivity index (χ4v) is 2.11. The third-order valence-electron chi connectivity index (χ3n) is 3.75. The molecule has 1 aliphatic carbocycles. The lowest BCUT2D eigenvalue weighted by Gasteiger charge is -2.13. The number of hydrogen-bond acceptors (Lipinski definition) is 6. The van der Waals surface area contributed by atoms with E-state index in [1.165, 1.54) is 0 Å². The topological polar surface area (TPSA) is 103 Å². The third-order valence-corrected chi connectivity index (χ3v) is 3.75. The van der Waals surface area contributed by atoms with Crippen molar-refractivity contribution in [1.82, 2.24) is 15.5 Å². The van der Waals surface area contributed by atoms with E-state index in [1.807, 2.05) is 24.3 Å². The van der Waals surface area contributed by atoms with Gasteiger partial charge in [-0.05, 0) is 31.9 Å². The van der Waals surface area contributed by atoms with Crippen LogP contribution in [0.25, 0.3) is 11.4 Å². The molecule has 1 aromatic heterocycles. The summed E-state index contributed by atoms with van der Waals surface area (Å²) in [6, 6.07) is 6.99. The smallest absolute Gasteiger partial charge is 0.249 e. The van der Waals surface area contributed by atoms with Crippen molar-refractivity contribution in [3.05, 3.63) is 30.2 Å². The first-order valence-corrected chi connectivity index (χ1v) is 7.10. The van der Waals surface area contributed by atoms with Crippen LogP contribution in [0.15, 0.2) is 28.8 Å². The summed E-state index contributed by atoms with van der Waals surface area (Å²) < 4.78 is 10.5. The lowest BCUT2D eigenvalue weighted by Crippen LogP contribution is -2.43. The Morgan fingerprint density at radius 1 is 1.43 bits per heavy atom. The molecule has 124 valence electrons. The molecule has 1 unspecified atom stereocenters. The molecule has 1 atom stereocenters. The van der Waals surface area contributed by atoms with Crippen LogP contribution in [0.3, 0.4) is 0 Å². The predicted octanol–water partition coefficient (Wildman–Crippen LogP) is 1.84. The number of methoxy groups -OCH3 is 1. The molecule has 8 heteroatoms. The lowest BCUT2D eigenvalue weighted by atomic mass is 10.2. The van der Waals surface area contributed by atoms with Crippen LogP contribution in [-0.4, -0.2) is 28.7 Å². The number of para-hydroxylation sites is 1. The maximum absolute atomic E-state index is 11.9. The molecule has 23 heavy (non-hydrogen) atoms. The Hall–Kier alpha value is -2.12. The van der Waals surface area contributed by atoms with Gasteiger partial charge in [0.2, 0.25) is 17.6 Å². The summed E-state index contributed by atoms with van der Waals surface area (Å²) in [6.07, 6.45) is 1.42. The van der Waals surface area contributed by atoms with Gasteiger partial charge in [-0.3, -0.25) is 4.79 Å². The van der Waals surface area contributed by atoms with Crippen LogP contribution in [0.1, 0.15) is 31.7 Å². The molecule has 3 N–H and O–H groups in total. The van der Waals surface area contributed by atoms with Gasteiger partial charge in [-0.15, -0.1) is 12.4 Å². The van der Waals surface area contributed by atoms with Gasteiger partial charge in [0.05, 0.1) is 18.2 Å².